The predicted molar refractivity (Wildman–Crippen MR) is 235 cm³/mol. The number of fused-ring (bicyclic) bond motifs is 10. The molecule has 2 heterocycles. The first kappa shape index (κ1) is 33.6. The molecule has 1 unspecified atom stereocenters. The smallest absolute Gasteiger partial charge is 0.164 e. The van der Waals surface area contributed by atoms with Crippen molar-refractivity contribution >= 4 is 10.8 Å². The van der Waals surface area contributed by atoms with E-state index in [1.165, 1.54) is 89.1 Å². The van der Waals surface area contributed by atoms with Crippen molar-refractivity contribution in [3.05, 3.63) is 186 Å². The van der Waals surface area contributed by atoms with Crippen LogP contribution < -0.4 is 4.74 Å². The Morgan fingerprint density at radius 3 is 1.88 bits per heavy atom. The highest BCUT2D eigenvalue weighted by molar-refractivity contribution is 5.95. The Morgan fingerprint density at radius 1 is 0.458 bits per heavy atom. The molecule has 0 saturated heterocycles. The lowest BCUT2D eigenvalue weighted by Crippen LogP contribution is -2.37. The summed E-state index contributed by atoms with van der Waals surface area (Å²) in [7, 11) is 0. The maximum atomic E-state index is 7.00. The van der Waals surface area contributed by atoms with Crippen molar-refractivity contribution in [1.29, 1.82) is 0 Å². The number of ether oxygens (including phenoxy) is 1. The molecule has 4 bridgehead atoms. The van der Waals surface area contributed by atoms with Gasteiger partial charge in [0.15, 0.2) is 11.6 Å². The molecule has 4 heteroatoms. The van der Waals surface area contributed by atoms with E-state index in [0.29, 0.717) is 0 Å². The lowest BCUT2D eigenvalue weighted by molar-refractivity contribution is 0.0984. The standard InChI is InChI=1S/C55H43N3O/c1-2-13-40-37(11-1)12-9-17-44(40)52-56-51(57-53(58-52)54-28-27-34(32-54)29-35-30-36(31-35)33-54)39-25-23-38(24-26-39)41-16-10-21-48-50(41)59-49-22-8-7-20-47(49)55(48)45-18-5-3-14-42(45)43-15-4-6-19-46(43)55/h1-26,34-36H,27-33H2/t34-,35?,36?,54?/m0/s1. The van der Waals surface area contributed by atoms with Gasteiger partial charge in [-0.15, -0.1) is 0 Å². The van der Waals surface area contributed by atoms with E-state index in [9.17, 15) is 0 Å². The molecule has 6 aliphatic rings. The summed E-state index contributed by atoms with van der Waals surface area (Å²) in [5.74, 6) is 6.85. The van der Waals surface area contributed by atoms with Crippen molar-refractivity contribution < 1.29 is 4.74 Å². The van der Waals surface area contributed by atoms with Crippen molar-refractivity contribution in [2.75, 3.05) is 0 Å². The quantitative estimate of drug-likeness (QED) is 0.179. The van der Waals surface area contributed by atoms with E-state index in [1.807, 2.05) is 0 Å². The average molecular weight is 762 g/mol. The molecule has 0 N–H and O–H groups in total. The Bertz CT molecular complexity index is 2950. The topological polar surface area (TPSA) is 47.9 Å². The van der Waals surface area contributed by atoms with Crippen LogP contribution in [0, 0.1) is 17.8 Å². The molecule has 1 aliphatic heterocycles. The number of aromatic nitrogens is 3. The second kappa shape index (κ2) is 12.6. The molecular weight excluding hydrogens is 719 g/mol. The Hall–Kier alpha value is -6.39. The maximum Gasteiger partial charge on any atom is 0.164 e. The van der Waals surface area contributed by atoms with Crippen LogP contribution in [0.3, 0.4) is 0 Å². The summed E-state index contributed by atoms with van der Waals surface area (Å²) in [6.07, 6.45) is 9.02. The zero-order valence-electron chi connectivity index (χ0n) is 32.9. The second-order valence-electron chi connectivity index (χ2n) is 18.1. The van der Waals surface area contributed by atoms with Gasteiger partial charge in [0.1, 0.15) is 17.3 Å². The minimum Gasteiger partial charge on any atom is -0.456 e. The Morgan fingerprint density at radius 2 is 1.05 bits per heavy atom. The zero-order chi connectivity index (χ0) is 38.7. The third-order valence-electron chi connectivity index (χ3n) is 14.9. The van der Waals surface area contributed by atoms with Crippen molar-refractivity contribution in [3.8, 4) is 56.5 Å². The van der Waals surface area contributed by atoms with E-state index in [1.54, 1.807) is 0 Å². The lowest BCUT2D eigenvalue weighted by Gasteiger charge is -2.44. The third kappa shape index (κ3) is 4.86. The van der Waals surface area contributed by atoms with Gasteiger partial charge < -0.3 is 4.74 Å². The van der Waals surface area contributed by atoms with Crippen LogP contribution in [0.2, 0.25) is 0 Å². The van der Waals surface area contributed by atoms with Crippen LogP contribution in [0.15, 0.2) is 158 Å². The van der Waals surface area contributed by atoms with Crippen molar-refractivity contribution in [3.63, 3.8) is 0 Å². The van der Waals surface area contributed by atoms with E-state index in [0.717, 1.165) is 69.0 Å². The number of nitrogens with zero attached hydrogens (tertiary/aromatic N) is 3. The van der Waals surface area contributed by atoms with Crippen molar-refractivity contribution in [2.24, 2.45) is 17.8 Å². The molecule has 4 fully saturated rings. The van der Waals surface area contributed by atoms with Crippen LogP contribution in [0.1, 0.15) is 73.0 Å². The lowest BCUT2D eigenvalue weighted by atomic mass is 9.61. The summed E-state index contributed by atoms with van der Waals surface area (Å²) < 4.78 is 7.00. The van der Waals surface area contributed by atoms with Gasteiger partial charge in [-0.25, -0.2) is 15.0 Å². The normalized spacial score (nSPS) is 22.6. The first-order valence-corrected chi connectivity index (χ1v) is 21.6. The molecule has 14 rings (SSSR count). The van der Waals surface area contributed by atoms with Crippen molar-refractivity contribution in [1.82, 2.24) is 15.0 Å². The molecule has 2 atom stereocenters. The number of para-hydroxylation sites is 2. The fourth-order valence-corrected chi connectivity index (χ4v) is 12.4. The molecule has 1 aromatic heterocycles. The Labute approximate surface area is 345 Å². The van der Waals surface area contributed by atoms with Gasteiger partial charge in [-0.2, -0.15) is 0 Å². The Kier molecular flexibility index (Phi) is 7.14. The third-order valence-corrected chi connectivity index (χ3v) is 14.9. The molecule has 0 amide bonds. The highest BCUT2D eigenvalue weighted by Gasteiger charge is 2.52. The summed E-state index contributed by atoms with van der Waals surface area (Å²) in [4.78, 5) is 16.2. The number of hydrogen-bond donors (Lipinski definition) is 0. The molecule has 4 nitrogen and oxygen atoms in total. The molecule has 284 valence electrons. The Balaban J connectivity index is 0.956. The summed E-state index contributed by atoms with van der Waals surface area (Å²) in [6.45, 7) is 0. The van der Waals surface area contributed by atoms with Crippen LogP contribution in [-0.4, -0.2) is 15.0 Å². The highest BCUT2D eigenvalue weighted by Crippen LogP contribution is 2.63. The first-order chi connectivity index (χ1) is 29.1. The summed E-state index contributed by atoms with van der Waals surface area (Å²) in [5, 5.41) is 2.38. The van der Waals surface area contributed by atoms with E-state index in [-0.39, 0.29) is 5.41 Å². The van der Waals surface area contributed by atoms with Gasteiger partial charge in [-0.1, -0.05) is 152 Å². The van der Waals surface area contributed by atoms with Crippen LogP contribution in [0.4, 0.5) is 0 Å². The van der Waals surface area contributed by atoms with E-state index in [4.69, 9.17) is 19.7 Å². The minimum atomic E-state index is -0.497. The average Bonchev–Trinajstić information content (AvgIpc) is 3.85. The molecular formula is C55H43N3O. The summed E-state index contributed by atoms with van der Waals surface area (Å²) in [6, 6.07) is 57.1. The molecule has 0 radical (unpaired) electrons. The van der Waals surface area contributed by atoms with Gasteiger partial charge >= 0.3 is 0 Å². The van der Waals surface area contributed by atoms with Crippen LogP contribution in [0.5, 0.6) is 11.5 Å². The number of hydrogen-bond acceptors (Lipinski definition) is 4. The molecule has 7 aromatic carbocycles. The molecule has 5 aliphatic carbocycles. The largest absolute Gasteiger partial charge is 0.456 e. The highest BCUT2D eigenvalue weighted by atomic mass is 16.5. The molecule has 8 aromatic rings. The SMILES string of the molecule is c1ccc2c(c1)Oc1c(-c3ccc(-c4nc(-c5cccc6ccccc56)nc(C56CC[C@@H](CC7CC(C7)C5)C6)n4)cc3)cccc1C21c2ccccc2-c2ccccc21. The van der Waals surface area contributed by atoms with Gasteiger partial charge in [-0.05, 0) is 107 Å². The van der Waals surface area contributed by atoms with Gasteiger partial charge in [0.25, 0.3) is 0 Å². The van der Waals surface area contributed by atoms with Crippen LogP contribution in [0.25, 0.3) is 55.8 Å². The number of benzene rings is 7. The predicted octanol–water partition coefficient (Wildman–Crippen LogP) is 13.4. The fraction of sp³-hybridized carbons (Fsp3) is 0.218. The van der Waals surface area contributed by atoms with Gasteiger partial charge in [0, 0.05) is 33.2 Å². The van der Waals surface area contributed by atoms with Crippen molar-refractivity contribution in [2.45, 2.75) is 55.8 Å². The van der Waals surface area contributed by atoms with E-state index >= 15 is 0 Å². The second-order valence-corrected chi connectivity index (χ2v) is 18.1. The fourth-order valence-electron chi connectivity index (χ4n) is 12.4. The summed E-state index contributed by atoms with van der Waals surface area (Å²) in [5.41, 5.74) is 11.3. The van der Waals surface area contributed by atoms with Crippen LogP contribution >= 0.6 is 0 Å². The zero-order valence-corrected chi connectivity index (χ0v) is 32.9. The van der Waals surface area contributed by atoms with Gasteiger partial charge in [-0.3, -0.25) is 0 Å². The summed E-state index contributed by atoms with van der Waals surface area (Å²) >= 11 is 0. The van der Waals surface area contributed by atoms with E-state index < -0.39 is 5.41 Å². The van der Waals surface area contributed by atoms with Gasteiger partial charge in [0.05, 0.1) is 5.41 Å². The van der Waals surface area contributed by atoms with E-state index in [2.05, 4.69) is 158 Å². The van der Waals surface area contributed by atoms with Crippen LogP contribution in [-0.2, 0) is 10.8 Å². The molecule has 4 saturated carbocycles. The molecule has 1 spiro atoms. The monoisotopic (exact) mass is 761 g/mol. The first-order valence-electron chi connectivity index (χ1n) is 21.6. The minimum absolute atomic E-state index is 0.0157. The number of rotatable bonds is 4. The maximum absolute atomic E-state index is 7.00. The van der Waals surface area contributed by atoms with Gasteiger partial charge in [0.2, 0.25) is 0 Å². The molecule has 59 heavy (non-hydrogen) atoms.